The third kappa shape index (κ3) is 39.5. The molecule has 0 amide bonds. The van der Waals surface area contributed by atoms with E-state index in [1.54, 1.807) is 0 Å². The van der Waals surface area contributed by atoms with E-state index >= 15 is 0 Å². The van der Waals surface area contributed by atoms with Crippen LogP contribution in [0.25, 0.3) is 0 Å². The van der Waals surface area contributed by atoms with Gasteiger partial charge in [-0.25, -0.2) is 9.59 Å². The number of esters is 1. The van der Waals surface area contributed by atoms with Crippen LogP contribution in [0, 0.1) is 0 Å². The molecule has 2 rings (SSSR count). The van der Waals surface area contributed by atoms with Crippen molar-refractivity contribution in [2.24, 2.45) is 0 Å². The topological polar surface area (TPSA) is 155 Å². The van der Waals surface area contributed by atoms with E-state index in [4.69, 9.17) is 19.7 Å². The van der Waals surface area contributed by atoms with Crippen molar-refractivity contribution in [3.63, 3.8) is 0 Å². The highest BCUT2D eigenvalue weighted by molar-refractivity contribution is 5.69. The lowest BCUT2D eigenvalue weighted by Crippen LogP contribution is -2.20. The summed E-state index contributed by atoms with van der Waals surface area (Å²) in [5.74, 6) is -0.868. The number of ether oxygens (including phenoxy) is 5. The number of cyclic esters (lactones) is 4. The maximum Gasteiger partial charge on any atom is 0.508 e. The summed E-state index contributed by atoms with van der Waals surface area (Å²) in [7, 11) is 0. The van der Waals surface area contributed by atoms with Crippen LogP contribution in [-0.4, -0.2) is 73.1 Å². The van der Waals surface area contributed by atoms with E-state index in [0.29, 0.717) is 12.8 Å². The molecule has 55 heavy (non-hydrogen) atoms. The second-order valence-electron chi connectivity index (χ2n) is 15.3. The Bertz CT molecular complexity index is 897. The number of carboxylic acid groups (broad SMARTS) is 1. The quantitative estimate of drug-likeness (QED) is 0.0358. The number of aliphatic carboxylic acids is 1. The normalized spacial score (nSPS) is 15.8. The first-order valence-electron chi connectivity index (χ1n) is 22.5. The molecule has 2 atom stereocenters. The molecule has 324 valence electrons. The Morgan fingerprint density at radius 3 is 1.09 bits per heavy atom. The third-order valence-electron chi connectivity index (χ3n) is 9.91. The molecule has 2 aliphatic heterocycles. The number of carboxylic acids is 1. The minimum Gasteiger partial charge on any atom is -0.481 e. The van der Waals surface area contributed by atoms with E-state index in [0.717, 1.165) is 25.7 Å². The highest BCUT2D eigenvalue weighted by Gasteiger charge is 2.26. The Balaban J connectivity index is 0.000000906. The molecular formula is C44H82O11. The Morgan fingerprint density at radius 2 is 0.818 bits per heavy atom. The lowest BCUT2D eigenvalue weighted by Gasteiger charge is -2.07. The molecule has 2 unspecified atom stereocenters. The first kappa shape index (κ1) is 52.4. The molecule has 2 aliphatic rings. The summed E-state index contributed by atoms with van der Waals surface area (Å²) in [5, 5.41) is 16.8. The SMILES string of the molecule is CCCCCCCCCCCCCCCCCC(=O)O.CCCCCCCCCCCCCCCCCC(=O)OCC1COC(=O)O1.O=C1OCC(CO)O1. The lowest BCUT2D eigenvalue weighted by molar-refractivity contribution is -0.146. The zero-order valence-corrected chi connectivity index (χ0v) is 35.2. The largest absolute Gasteiger partial charge is 0.508 e. The molecule has 0 saturated carbocycles. The number of rotatable bonds is 35. The lowest BCUT2D eigenvalue weighted by atomic mass is 10.0. The molecule has 2 N–H and O–H groups in total. The second-order valence-corrected chi connectivity index (χ2v) is 15.3. The van der Waals surface area contributed by atoms with Crippen LogP contribution in [0.3, 0.4) is 0 Å². The fraction of sp³-hybridized carbons (Fsp3) is 0.909. The van der Waals surface area contributed by atoms with Crippen LogP contribution in [0.4, 0.5) is 9.59 Å². The number of aliphatic hydroxyl groups excluding tert-OH is 1. The molecule has 0 aromatic rings. The van der Waals surface area contributed by atoms with Crippen LogP contribution in [0.1, 0.15) is 219 Å². The Labute approximate surface area is 334 Å². The van der Waals surface area contributed by atoms with Crippen molar-refractivity contribution in [2.45, 2.75) is 232 Å². The van der Waals surface area contributed by atoms with Crippen LogP contribution in [0.15, 0.2) is 0 Å². The van der Waals surface area contributed by atoms with E-state index < -0.39 is 30.5 Å². The first-order chi connectivity index (χ1) is 26.8. The fourth-order valence-corrected chi connectivity index (χ4v) is 6.45. The van der Waals surface area contributed by atoms with Crippen LogP contribution >= 0.6 is 0 Å². The Hall–Kier alpha value is -2.56. The summed E-state index contributed by atoms with van der Waals surface area (Å²) >= 11 is 0. The van der Waals surface area contributed by atoms with Gasteiger partial charge >= 0.3 is 24.2 Å². The summed E-state index contributed by atoms with van der Waals surface area (Å²) < 4.78 is 23.3. The minimum absolute atomic E-state index is 0.101. The summed E-state index contributed by atoms with van der Waals surface area (Å²) in [6.45, 7) is 4.82. The van der Waals surface area contributed by atoms with Crippen molar-refractivity contribution in [1.29, 1.82) is 0 Å². The van der Waals surface area contributed by atoms with Gasteiger partial charge in [-0.05, 0) is 12.8 Å². The predicted octanol–water partition coefficient (Wildman–Crippen LogP) is 12.2. The van der Waals surface area contributed by atoms with Gasteiger partial charge in [0.1, 0.15) is 19.8 Å². The fourth-order valence-electron chi connectivity index (χ4n) is 6.45. The van der Waals surface area contributed by atoms with Crippen molar-refractivity contribution in [1.82, 2.24) is 0 Å². The molecular weight excluding hydrogens is 704 g/mol. The number of aliphatic hydroxyl groups is 1. The molecule has 2 fully saturated rings. The number of hydrogen-bond acceptors (Lipinski definition) is 10. The second kappa shape index (κ2) is 41.1. The summed E-state index contributed by atoms with van der Waals surface area (Å²) in [6.07, 6.45) is 38.0. The first-order valence-corrected chi connectivity index (χ1v) is 22.5. The van der Waals surface area contributed by atoms with E-state index in [2.05, 4.69) is 28.1 Å². The van der Waals surface area contributed by atoms with Crippen molar-refractivity contribution in [2.75, 3.05) is 26.4 Å². The molecule has 2 heterocycles. The Kier molecular flexibility index (Phi) is 39.2. The summed E-state index contributed by atoms with van der Waals surface area (Å²) in [4.78, 5) is 42.7. The van der Waals surface area contributed by atoms with Gasteiger partial charge in [-0.3, -0.25) is 9.59 Å². The van der Waals surface area contributed by atoms with E-state index in [9.17, 15) is 19.2 Å². The Morgan fingerprint density at radius 1 is 0.509 bits per heavy atom. The zero-order valence-electron chi connectivity index (χ0n) is 35.2. The van der Waals surface area contributed by atoms with Gasteiger partial charge in [-0.2, -0.15) is 0 Å². The highest BCUT2D eigenvalue weighted by atomic mass is 16.8. The average molecular weight is 787 g/mol. The molecule has 11 nitrogen and oxygen atoms in total. The minimum atomic E-state index is -0.691. The molecule has 11 heteroatoms. The van der Waals surface area contributed by atoms with Gasteiger partial charge in [0, 0.05) is 12.8 Å². The van der Waals surface area contributed by atoms with Gasteiger partial charge in [-0.1, -0.05) is 194 Å². The number of hydrogen-bond donors (Lipinski definition) is 2. The smallest absolute Gasteiger partial charge is 0.481 e. The molecule has 0 bridgehead atoms. The zero-order chi connectivity index (χ0) is 40.5. The van der Waals surface area contributed by atoms with Crippen molar-refractivity contribution in [3.05, 3.63) is 0 Å². The highest BCUT2D eigenvalue weighted by Crippen LogP contribution is 2.16. The molecule has 2 saturated heterocycles. The van der Waals surface area contributed by atoms with Crippen molar-refractivity contribution in [3.8, 4) is 0 Å². The molecule has 0 aromatic carbocycles. The van der Waals surface area contributed by atoms with Gasteiger partial charge in [-0.15, -0.1) is 0 Å². The van der Waals surface area contributed by atoms with Gasteiger partial charge in [0.2, 0.25) is 0 Å². The van der Waals surface area contributed by atoms with E-state index in [1.165, 1.54) is 167 Å². The van der Waals surface area contributed by atoms with Gasteiger partial charge < -0.3 is 33.9 Å². The van der Waals surface area contributed by atoms with E-state index in [1.807, 2.05) is 0 Å². The maximum atomic E-state index is 11.6. The average Bonchev–Trinajstić information content (AvgIpc) is 3.81. The summed E-state index contributed by atoms with van der Waals surface area (Å²) in [6, 6.07) is 0. The third-order valence-corrected chi connectivity index (χ3v) is 9.91. The number of carbonyl (C=O) groups is 4. The summed E-state index contributed by atoms with van der Waals surface area (Å²) in [5.41, 5.74) is 0. The van der Waals surface area contributed by atoms with Crippen LogP contribution in [0.2, 0.25) is 0 Å². The molecule has 0 radical (unpaired) electrons. The molecule has 0 aliphatic carbocycles. The standard InChI is InChI=1S/C22H40O5.C18H36O2.C4H6O4/c1-2-3-4-5-6-7-8-9-10-11-12-13-14-15-16-17-21(23)25-18-20-19-26-22(24)27-20;1-2-3-4-5-6-7-8-9-10-11-12-13-14-15-16-17-18(19)20;5-1-3-2-7-4(6)8-3/h20H,2-19H2,1H3;2-17H2,1H3,(H,19,20);3,5H,1-2H2. The number of carbonyl (C=O) groups excluding carboxylic acids is 3. The van der Waals surface area contributed by atoms with Crippen molar-refractivity contribution >= 4 is 24.2 Å². The van der Waals surface area contributed by atoms with Crippen LogP contribution < -0.4 is 0 Å². The van der Waals surface area contributed by atoms with Gasteiger partial charge in [0.15, 0.2) is 12.2 Å². The number of unbranched alkanes of at least 4 members (excludes halogenated alkanes) is 28. The monoisotopic (exact) mass is 787 g/mol. The molecule has 0 spiro atoms. The predicted molar refractivity (Wildman–Crippen MR) is 217 cm³/mol. The van der Waals surface area contributed by atoms with E-state index in [-0.39, 0.29) is 32.4 Å². The van der Waals surface area contributed by atoms with Gasteiger partial charge in [0.05, 0.1) is 6.61 Å². The van der Waals surface area contributed by atoms with Crippen LogP contribution in [-0.2, 0) is 33.3 Å². The maximum absolute atomic E-state index is 11.6. The van der Waals surface area contributed by atoms with Gasteiger partial charge in [0.25, 0.3) is 0 Å². The molecule has 0 aromatic heterocycles. The van der Waals surface area contributed by atoms with Crippen molar-refractivity contribution < 1.29 is 53.1 Å². The van der Waals surface area contributed by atoms with Crippen LogP contribution in [0.5, 0.6) is 0 Å².